The average molecular weight is 226 g/mol. The third-order valence-electron chi connectivity index (χ3n) is 2.08. The number of carbonyl (C=O) groups is 1. The van der Waals surface area contributed by atoms with E-state index in [9.17, 15) is 9.18 Å². The Hall–Kier alpha value is -1.62. The number of rotatable bonds is 3. The van der Waals surface area contributed by atoms with Gasteiger partial charge >= 0.3 is 0 Å². The van der Waals surface area contributed by atoms with Gasteiger partial charge < -0.3 is 16.2 Å². The molecule has 0 unspecified atom stereocenters. The number of aliphatic hydroxyl groups is 1. The van der Waals surface area contributed by atoms with Gasteiger partial charge in [-0.2, -0.15) is 0 Å². The van der Waals surface area contributed by atoms with Crippen LogP contribution in [0.15, 0.2) is 18.2 Å². The Balaban J connectivity index is 2.89. The fraction of sp³-hybridized carbons (Fsp3) is 0.364. The highest BCUT2D eigenvalue weighted by molar-refractivity contribution is 5.95. The van der Waals surface area contributed by atoms with Gasteiger partial charge in [-0.3, -0.25) is 4.79 Å². The zero-order valence-corrected chi connectivity index (χ0v) is 9.25. The summed E-state index contributed by atoms with van der Waals surface area (Å²) < 4.78 is 13.4. The van der Waals surface area contributed by atoms with Crippen molar-refractivity contribution in [3.63, 3.8) is 0 Å². The van der Waals surface area contributed by atoms with E-state index in [2.05, 4.69) is 5.32 Å². The summed E-state index contributed by atoms with van der Waals surface area (Å²) in [6.45, 7) is 3.05. The molecule has 0 saturated heterocycles. The molecule has 0 aliphatic heterocycles. The SMILES string of the molecule is CC(C)(CO)NC(=O)c1ccc(N)cc1F. The second-order valence-electron chi connectivity index (χ2n) is 4.24. The molecule has 1 aromatic rings. The Kier molecular flexibility index (Phi) is 3.49. The second kappa shape index (κ2) is 4.49. The molecule has 0 bridgehead atoms. The lowest BCUT2D eigenvalue weighted by Crippen LogP contribution is -2.46. The molecule has 0 spiro atoms. The van der Waals surface area contributed by atoms with Crippen LogP contribution in [0.3, 0.4) is 0 Å². The maximum absolute atomic E-state index is 13.4. The Morgan fingerprint density at radius 1 is 1.56 bits per heavy atom. The number of hydrogen-bond donors (Lipinski definition) is 3. The number of hydrogen-bond acceptors (Lipinski definition) is 3. The number of halogens is 1. The lowest BCUT2D eigenvalue weighted by Gasteiger charge is -2.23. The lowest BCUT2D eigenvalue weighted by molar-refractivity contribution is 0.0865. The van der Waals surface area contributed by atoms with Gasteiger partial charge in [-0.05, 0) is 32.0 Å². The topological polar surface area (TPSA) is 75.3 Å². The van der Waals surface area contributed by atoms with E-state index in [1.165, 1.54) is 12.1 Å². The van der Waals surface area contributed by atoms with Gasteiger partial charge in [-0.15, -0.1) is 0 Å². The number of nitrogen functional groups attached to an aromatic ring is 1. The summed E-state index contributed by atoms with van der Waals surface area (Å²) in [7, 11) is 0. The number of carbonyl (C=O) groups excluding carboxylic acids is 1. The van der Waals surface area contributed by atoms with Crippen molar-refractivity contribution in [2.45, 2.75) is 19.4 Å². The van der Waals surface area contributed by atoms with Crippen LogP contribution in [0.25, 0.3) is 0 Å². The molecule has 1 aromatic carbocycles. The summed E-state index contributed by atoms with van der Waals surface area (Å²) in [6, 6.07) is 3.85. The minimum Gasteiger partial charge on any atom is -0.399 e. The molecule has 0 heterocycles. The van der Waals surface area contributed by atoms with E-state index in [1.54, 1.807) is 13.8 Å². The van der Waals surface area contributed by atoms with E-state index >= 15 is 0 Å². The fourth-order valence-electron chi connectivity index (χ4n) is 1.13. The van der Waals surface area contributed by atoms with Gasteiger partial charge in [0.1, 0.15) is 5.82 Å². The molecule has 0 saturated carbocycles. The first-order chi connectivity index (χ1) is 7.35. The van der Waals surface area contributed by atoms with Crippen LogP contribution in [0.5, 0.6) is 0 Å². The molecule has 0 radical (unpaired) electrons. The minimum atomic E-state index is -0.787. The highest BCUT2D eigenvalue weighted by Gasteiger charge is 2.21. The Bertz CT molecular complexity index is 405. The van der Waals surface area contributed by atoms with Crippen molar-refractivity contribution in [1.29, 1.82) is 0 Å². The molecular weight excluding hydrogens is 211 g/mol. The molecule has 1 amide bonds. The summed E-state index contributed by atoms with van der Waals surface area (Å²) in [6.07, 6.45) is 0. The lowest BCUT2D eigenvalue weighted by atomic mass is 10.1. The number of nitrogens with one attached hydrogen (secondary N) is 1. The van der Waals surface area contributed by atoms with E-state index in [0.29, 0.717) is 0 Å². The third kappa shape index (κ3) is 2.93. The first-order valence-corrected chi connectivity index (χ1v) is 4.84. The van der Waals surface area contributed by atoms with Gasteiger partial charge in [0.2, 0.25) is 0 Å². The van der Waals surface area contributed by atoms with E-state index in [-0.39, 0.29) is 17.9 Å². The molecule has 0 aliphatic rings. The van der Waals surface area contributed by atoms with Crippen molar-refractivity contribution < 1.29 is 14.3 Å². The molecule has 5 heteroatoms. The minimum absolute atomic E-state index is 0.0873. The Labute approximate surface area is 93.3 Å². The Morgan fingerprint density at radius 2 is 2.19 bits per heavy atom. The number of benzene rings is 1. The van der Waals surface area contributed by atoms with Gasteiger partial charge in [0, 0.05) is 5.69 Å². The largest absolute Gasteiger partial charge is 0.399 e. The van der Waals surface area contributed by atoms with Crippen LogP contribution in [0.2, 0.25) is 0 Å². The highest BCUT2D eigenvalue weighted by Crippen LogP contribution is 2.13. The maximum Gasteiger partial charge on any atom is 0.254 e. The van der Waals surface area contributed by atoms with Crippen molar-refractivity contribution in [2.75, 3.05) is 12.3 Å². The van der Waals surface area contributed by atoms with Crippen LogP contribution in [0.1, 0.15) is 24.2 Å². The molecule has 1 rings (SSSR count). The molecule has 4 nitrogen and oxygen atoms in total. The quantitative estimate of drug-likeness (QED) is 0.670. The Morgan fingerprint density at radius 3 is 2.69 bits per heavy atom. The molecule has 88 valence electrons. The standard InChI is InChI=1S/C11H15FN2O2/c1-11(2,6-15)14-10(16)8-4-3-7(13)5-9(8)12/h3-5,15H,6,13H2,1-2H3,(H,14,16). The van der Waals surface area contributed by atoms with Crippen molar-refractivity contribution >= 4 is 11.6 Å². The van der Waals surface area contributed by atoms with Crippen LogP contribution >= 0.6 is 0 Å². The van der Waals surface area contributed by atoms with Crippen molar-refractivity contribution in [3.8, 4) is 0 Å². The first kappa shape index (κ1) is 12.4. The molecule has 16 heavy (non-hydrogen) atoms. The summed E-state index contributed by atoms with van der Waals surface area (Å²) in [5, 5.41) is 11.5. The number of aliphatic hydroxyl groups excluding tert-OH is 1. The van der Waals surface area contributed by atoms with Crippen LogP contribution in [-0.4, -0.2) is 23.2 Å². The summed E-state index contributed by atoms with van der Waals surface area (Å²) in [4.78, 5) is 11.6. The molecule has 0 atom stereocenters. The molecule has 4 N–H and O–H groups in total. The number of nitrogens with two attached hydrogens (primary N) is 1. The van der Waals surface area contributed by atoms with Gasteiger partial charge in [0.25, 0.3) is 5.91 Å². The van der Waals surface area contributed by atoms with Gasteiger partial charge in [0.15, 0.2) is 0 Å². The zero-order chi connectivity index (χ0) is 12.3. The summed E-state index contributed by atoms with van der Waals surface area (Å²) in [5.41, 5.74) is 4.75. The number of amides is 1. The van der Waals surface area contributed by atoms with Gasteiger partial charge in [-0.1, -0.05) is 0 Å². The zero-order valence-electron chi connectivity index (χ0n) is 9.25. The molecule has 0 aliphatic carbocycles. The van der Waals surface area contributed by atoms with E-state index in [1.807, 2.05) is 0 Å². The van der Waals surface area contributed by atoms with Gasteiger partial charge in [0.05, 0.1) is 17.7 Å². The summed E-state index contributed by atoms with van der Waals surface area (Å²) >= 11 is 0. The second-order valence-corrected chi connectivity index (χ2v) is 4.24. The fourth-order valence-corrected chi connectivity index (χ4v) is 1.13. The van der Waals surface area contributed by atoms with Crippen LogP contribution in [0, 0.1) is 5.82 Å². The highest BCUT2D eigenvalue weighted by atomic mass is 19.1. The van der Waals surface area contributed by atoms with Crippen molar-refractivity contribution in [1.82, 2.24) is 5.32 Å². The average Bonchev–Trinajstić information content (AvgIpc) is 2.16. The van der Waals surface area contributed by atoms with Crippen LogP contribution in [0.4, 0.5) is 10.1 Å². The smallest absolute Gasteiger partial charge is 0.254 e. The maximum atomic E-state index is 13.4. The van der Waals surface area contributed by atoms with Crippen LogP contribution in [-0.2, 0) is 0 Å². The number of anilines is 1. The predicted octanol–water partition coefficient (Wildman–Crippen LogP) is 0.909. The predicted molar refractivity (Wildman–Crippen MR) is 59.4 cm³/mol. The normalized spacial score (nSPS) is 11.2. The molecule has 0 aromatic heterocycles. The monoisotopic (exact) mass is 226 g/mol. The van der Waals surface area contributed by atoms with E-state index < -0.39 is 17.3 Å². The van der Waals surface area contributed by atoms with E-state index in [4.69, 9.17) is 10.8 Å². The third-order valence-corrected chi connectivity index (χ3v) is 2.08. The summed E-state index contributed by atoms with van der Waals surface area (Å²) in [5.74, 6) is -1.25. The van der Waals surface area contributed by atoms with Crippen molar-refractivity contribution in [3.05, 3.63) is 29.6 Å². The van der Waals surface area contributed by atoms with E-state index in [0.717, 1.165) is 6.07 Å². The van der Waals surface area contributed by atoms with Gasteiger partial charge in [-0.25, -0.2) is 4.39 Å². The van der Waals surface area contributed by atoms with Crippen molar-refractivity contribution in [2.24, 2.45) is 0 Å². The molecule has 0 fully saturated rings. The van der Waals surface area contributed by atoms with Crippen LogP contribution < -0.4 is 11.1 Å². The molecular formula is C11H15FN2O2. The first-order valence-electron chi connectivity index (χ1n) is 4.84.